The monoisotopic (exact) mass is 402 g/mol. The van der Waals surface area contributed by atoms with Gasteiger partial charge < -0.3 is 5.43 Å². The van der Waals surface area contributed by atoms with E-state index in [1.54, 1.807) is 19.9 Å². The summed E-state index contributed by atoms with van der Waals surface area (Å²) in [5, 5.41) is 0. The van der Waals surface area contributed by atoms with E-state index in [0.29, 0.717) is 6.54 Å². The summed E-state index contributed by atoms with van der Waals surface area (Å²) in [7, 11) is -2.72. The fourth-order valence-corrected chi connectivity index (χ4v) is 2.92. The molecule has 0 heterocycles. The molecule has 0 aliphatic rings. The number of rotatable bonds is 11. The van der Waals surface area contributed by atoms with Gasteiger partial charge in [0.15, 0.2) is 11.6 Å². The van der Waals surface area contributed by atoms with Crippen LogP contribution in [0.25, 0.3) is 0 Å². The van der Waals surface area contributed by atoms with Crippen molar-refractivity contribution in [1.82, 2.24) is 15.2 Å². The van der Waals surface area contributed by atoms with Crippen molar-refractivity contribution in [1.29, 1.82) is 0 Å². The van der Waals surface area contributed by atoms with Crippen LogP contribution in [-0.4, -0.2) is 38.6 Å². The molecule has 10 heteroatoms. The number of benzene rings is 1. The van der Waals surface area contributed by atoms with Gasteiger partial charge in [-0.05, 0) is 18.6 Å². The summed E-state index contributed by atoms with van der Waals surface area (Å²) in [6.07, 6.45) is 3.08. The summed E-state index contributed by atoms with van der Waals surface area (Å²) >= 11 is 0. The first-order valence-corrected chi connectivity index (χ1v) is 9.68. The number of carbonyl (C=O) groups excluding carboxylic acids is 1. The van der Waals surface area contributed by atoms with Gasteiger partial charge in [0.1, 0.15) is 5.82 Å². The van der Waals surface area contributed by atoms with Crippen molar-refractivity contribution in [3.63, 3.8) is 0 Å². The Hall–Kier alpha value is -2.30. The van der Waals surface area contributed by atoms with E-state index >= 15 is 0 Å². The van der Waals surface area contributed by atoms with Gasteiger partial charge in [0.25, 0.3) is 0 Å². The van der Waals surface area contributed by atoms with Gasteiger partial charge in [-0.1, -0.05) is 19.9 Å². The van der Waals surface area contributed by atoms with Crippen LogP contribution in [0, 0.1) is 11.6 Å². The highest BCUT2D eigenvalue weighted by molar-refractivity contribution is 7.90. The molecule has 0 aliphatic carbocycles. The van der Waals surface area contributed by atoms with E-state index in [2.05, 4.69) is 17.4 Å². The summed E-state index contributed by atoms with van der Waals surface area (Å²) in [4.78, 5) is 12.6. The molecule has 3 N–H and O–H groups in total. The van der Waals surface area contributed by atoms with Crippen molar-refractivity contribution in [2.45, 2.75) is 20.3 Å². The van der Waals surface area contributed by atoms with Crippen LogP contribution in [0.1, 0.15) is 30.6 Å². The zero-order valence-electron chi connectivity index (χ0n) is 15.5. The van der Waals surface area contributed by atoms with Crippen molar-refractivity contribution in [3.05, 3.63) is 53.8 Å². The topological polar surface area (TPSA) is 90.5 Å². The number of nitrogens with zero attached hydrogens (tertiary/aromatic N) is 1. The maximum Gasteiger partial charge on any atom is 0.301 e. The molecule has 0 saturated heterocycles. The second kappa shape index (κ2) is 10.1. The Balaban J connectivity index is 3.24. The first kappa shape index (κ1) is 22.7. The SMILES string of the molecule is C=CCNN/C=C(\CC)C(=O)c1c(F)ccc(NS(=O)(=O)N(C)CC)c1F. The maximum absolute atomic E-state index is 14.7. The molecule has 0 spiro atoms. The molecular weight excluding hydrogens is 378 g/mol. The van der Waals surface area contributed by atoms with Crippen molar-refractivity contribution in [2.75, 3.05) is 24.9 Å². The number of nitrogens with one attached hydrogen (secondary N) is 3. The predicted molar refractivity (Wildman–Crippen MR) is 101 cm³/mol. The third-order valence-corrected chi connectivity index (χ3v) is 5.24. The molecule has 0 fully saturated rings. The lowest BCUT2D eigenvalue weighted by molar-refractivity contribution is 0.102. The van der Waals surface area contributed by atoms with Crippen LogP contribution >= 0.6 is 0 Å². The molecule has 27 heavy (non-hydrogen) atoms. The molecule has 0 unspecified atom stereocenters. The number of ketones is 1. The van der Waals surface area contributed by atoms with Crippen molar-refractivity contribution < 1.29 is 22.0 Å². The number of hydrogen-bond acceptors (Lipinski definition) is 5. The van der Waals surface area contributed by atoms with Crippen LogP contribution in [0.3, 0.4) is 0 Å². The minimum absolute atomic E-state index is 0.107. The lowest BCUT2D eigenvalue weighted by atomic mass is 10.0. The third-order valence-electron chi connectivity index (χ3n) is 3.68. The van der Waals surface area contributed by atoms with Gasteiger partial charge in [-0.2, -0.15) is 12.7 Å². The van der Waals surface area contributed by atoms with E-state index in [0.717, 1.165) is 16.4 Å². The summed E-state index contributed by atoms with van der Waals surface area (Å²) in [6, 6.07) is 1.78. The zero-order chi connectivity index (χ0) is 20.6. The van der Waals surface area contributed by atoms with E-state index in [1.165, 1.54) is 13.2 Å². The van der Waals surface area contributed by atoms with Crippen LogP contribution in [-0.2, 0) is 10.2 Å². The predicted octanol–water partition coefficient (Wildman–Crippen LogP) is 2.33. The van der Waals surface area contributed by atoms with Crippen LogP contribution in [0.15, 0.2) is 36.6 Å². The molecular formula is C17H24F2N4O3S. The second-order valence-electron chi connectivity index (χ2n) is 5.47. The number of hydrazine groups is 1. The maximum atomic E-state index is 14.7. The highest BCUT2D eigenvalue weighted by Gasteiger charge is 2.25. The van der Waals surface area contributed by atoms with Gasteiger partial charge in [-0.3, -0.25) is 9.52 Å². The van der Waals surface area contributed by atoms with Crippen molar-refractivity contribution in [2.24, 2.45) is 0 Å². The van der Waals surface area contributed by atoms with Crippen LogP contribution in [0.5, 0.6) is 0 Å². The van der Waals surface area contributed by atoms with Gasteiger partial charge in [-0.15, -0.1) is 6.58 Å². The Bertz CT molecular complexity index is 826. The molecule has 1 rings (SSSR count). The zero-order valence-corrected chi connectivity index (χ0v) is 16.3. The van der Waals surface area contributed by atoms with Crippen molar-refractivity contribution in [3.8, 4) is 0 Å². The fourth-order valence-electron chi connectivity index (χ4n) is 1.98. The lowest BCUT2D eigenvalue weighted by Gasteiger charge is -2.17. The van der Waals surface area contributed by atoms with Crippen LogP contribution < -0.4 is 15.6 Å². The van der Waals surface area contributed by atoms with Gasteiger partial charge in [-0.25, -0.2) is 14.2 Å². The summed E-state index contributed by atoms with van der Waals surface area (Å²) in [6.45, 7) is 7.32. The normalized spacial score (nSPS) is 12.1. The van der Waals surface area contributed by atoms with E-state index in [-0.39, 0.29) is 18.5 Å². The Morgan fingerprint density at radius 3 is 2.52 bits per heavy atom. The minimum atomic E-state index is -4.02. The number of carbonyl (C=O) groups is 1. The Labute approximate surface area is 158 Å². The molecule has 0 amide bonds. The lowest BCUT2D eigenvalue weighted by Crippen LogP contribution is -2.32. The Kier molecular flexibility index (Phi) is 8.54. The Morgan fingerprint density at radius 2 is 1.96 bits per heavy atom. The summed E-state index contributed by atoms with van der Waals surface area (Å²) in [5.74, 6) is -3.24. The van der Waals surface area contributed by atoms with Gasteiger partial charge in [0.2, 0.25) is 0 Å². The summed E-state index contributed by atoms with van der Waals surface area (Å²) in [5.41, 5.74) is 4.12. The molecule has 0 bridgehead atoms. The third kappa shape index (κ3) is 5.84. The average molecular weight is 402 g/mol. The average Bonchev–Trinajstić information content (AvgIpc) is 2.63. The van der Waals surface area contributed by atoms with Crippen LogP contribution in [0.2, 0.25) is 0 Å². The molecule has 0 aromatic heterocycles. The number of halogens is 2. The number of anilines is 1. The molecule has 0 atom stereocenters. The van der Waals surface area contributed by atoms with E-state index < -0.39 is 38.9 Å². The first-order chi connectivity index (χ1) is 12.7. The summed E-state index contributed by atoms with van der Waals surface area (Å²) < 4.78 is 56.0. The standard InChI is InChI=1S/C17H24F2N4O3S/c1-5-10-20-21-11-12(6-2)17(24)15-13(18)8-9-14(16(15)19)22-27(25,26)23(4)7-3/h5,8-9,11,20-22H,1,6-7,10H2,2-4H3/b12-11+. The molecule has 0 saturated carbocycles. The highest BCUT2D eigenvalue weighted by Crippen LogP contribution is 2.25. The molecule has 1 aromatic rings. The van der Waals surface area contributed by atoms with E-state index in [9.17, 15) is 22.0 Å². The van der Waals surface area contributed by atoms with E-state index in [1.807, 2.05) is 4.72 Å². The van der Waals surface area contributed by atoms with Gasteiger partial charge in [0.05, 0.1) is 11.3 Å². The Morgan fingerprint density at radius 1 is 1.30 bits per heavy atom. The fraction of sp³-hybridized carbons (Fsp3) is 0.353. The van der Waals surface area contributed by atoms with Crippen LogP contribution in [0.4, 0.5) is 14.5 Å². The first-order valence-electron chi connectivity index (χ1n) is 8.24. The number of allylic oxidation sites excluding steroid dienone is 1. The minimum Gasteiger partial charge on any atom is -0.328 e. The van der Waals surface area contributed by atoms with Gasteiger partial charge >= 0.3 is 10.2 Å². The highest BCUT2D eigenvalue weighted by atomic mass is 32.2. The largest absolute Gasteiger partial charge is 0.328 e. The second-order valence-corrected chi connectivity index (χ2v) is 7.25. The van der Waals surface area contributed by atoms with Crippen molar-refractivity contribution >= 4 is 21.7 Å². The number of Topliss-reactive ketones (excluding diaryl/α,β-unsaturated/α-hetero) is 1. The van der Waals surface area contributed by atoms with Gasteiger partial charge in [0, 0.05) is 31.9 Å². The quantitative estimate of drug-likeness (QED) is 0.174. The molecule has 0 aliphatic heterocycles. The van der Waals surface area contributed by atoms with E-state index in [4.69, 9.17) is 0 Å². The molecule has 1 aromatic carbocycles. The molecule has 7 nitrogen and oxygen atoms in total. The molecule has 150 valence electrons. The number of hydrogen-bond donors (Lipinski definition) is 3. The smallest absolute Gasteiger partial charge is 0.301 e. The molecule has 0 radical (unpaired) electrons.